The monoisotopic (exact) mass is 864 g/mol. The molecular formula is C66H44N2. The molecule has 11 aromatic rings. The number of hydrogen-bond acceptors (Lipinski definition) is 2. The minimum atomic E-state index is -0.592. The van der Waals surface area contributed by atoms with Gasteiger partial charge in [-0.05, 0) is 133 Å². The number of rotatable bonds is 7. The van der Waals surface area contributed by atoms with Crippen molar-refractivity contribution < 1.29 is 0 Å². The Labute approximate surface area is 397 Å². The van der Waals surface area contributed by atoms with Crippen LogP contribution >= 0.6 is 0 Å². The molecule has 14 rings (SSSR count). The average molecular weight is 865 g/mol. The van der Waals surface area contributed by atoms with Crippen molar-refractivity contribution in [3.05, 3.63) is 311 Å². The van der Waals surface area contributed by atoms with Crippen molar-refractivity contribution in [2.24, 2.45) is 0 Å². The van der Waals surface area contributed by atoms with E-state index >= 15 is 0 Å². The van der Waals surface area contributed by atoms with Gasteiger partial charge in [-0.15, -0.1) is 0 Å². The Kier molecular flexibility index (Phi) is 8.45. The van der Waals surface area contributed by atoms with Crippen LogP contribution in [0.25, 0.3) is 33.0 Å². The van der Waals surface area contributed by atoms with E-state index in [1.807, 2.05) is 0 Å². The topological polar surface area (TPSA) is 6.48 Å². The van der Waals surface area contributed by atoms with Crippen molar-refractivity contribution >= 4 is 44.9 Å². The van der Waals surface area contributed by atoms with Crippen molar-refractivity contribution in [3.8, 4) is 22.3 Å². The number of para-hydroxylation sites is 2. The van der Waals surface area contributed by atoms with Crippen LogP contribution in [0.5, 0.6) is 0 Å². The van der Waals surface area contributed by atoms with Crippen LogP contribution in [0.15, 0.2) is 267 Å². The second-order valence-corrected chi connectivity index (χ2v) is 18.4. The predicted octanol–water partition coefficient (Wildman–Crippen LogP) is 16.8. The second kappa shape index (κ2) is 14.9. The van der Waals surface area contributed by atoms with Crippen molar-refractivity contribution in [2.75, 3.05) is 9.80 Å². The van der Waals surface area contributed by atoms with E-state index in [1.54, 1.807) is 0 Å². The summed E-state index contributed by atoms with van der Waals surface area (Å²) in [5.74, 6) is 0. The number of anilines is 6. The molecule has 2 aliphatic carbocycles. The van der Waals surface area contributed by atoms with Gasteiger partial charge in [-0.1, -0.05) is 206 Å². The third-order valence-corrected chi connectivity index (χ3v) is 15.1. The van der Waals surface area contributed by atoms with Gasteiger partial charge in [0.15, 0.2) is 0 Å². The van der Waals surface area contributed by atoms with E-state index in [0.29, 0.717) is 0 Å². The molecule has 318 valence electrons. The first-order valence-corrected chi connectivity index (χ1v) is 23.7. The van der Waals surface area contributed by atoms with E-state index in [0.717, 1.165) is 22.7 Å². The fourth-order valence-electron chi connectivity index (χ4n) is 12.4. The zero-order valence-corrected chi connectivity index (χ0v) is 37.3. The molecule has 0 amide bonds. The van der Waals surface area contributed by atoms with Crippen LogP contribution in [0, 0.1) is 0 Å². The first kappa shape index (κ1) is 38.5. The molecule has 3 aliphatic rings. The minimum Gasteiger partial charge on any atom is -0.310 e. The Bertz CT molecular complexity index is 3710. The van der Waals surface area contributed by atoms with Gasteiger partial charge in [0.1, 0.15) is 0 Å². The summed E-state index contributed by atoms with van der Waals surface area (Å²) in [7, 11) is 0. The summed E-state index contributed by atoms with van der Waals surface area (Å²) in [6.07, 6.45) is 0. The van der Waals surface area contributed by atoms with Crippen LogP contribution in [-0.4, -0.2) is 0 Å². The zero-order valence-electron chi connectivity index (χ0n) is 37.3. The van der Waals surface area contributed by atoms with E-state index in [-0.39, 0.29) is 0 Å². The molecule has 2 nitrogen and oxygen atoms in total. The molecule has 1 heterocycles. The Morgan fingerprint density at radius 2 is 0.735 bits per heavy atom. The molecule has 68 heavy (non-hydrogen) atoms. The number of nitrogens with zero attached hydrogens (tertiary/aromatic N) is 2. The molecule has 1 unspecified atom stereocenters. The summed E-state index contributed by atoms with van der Waals surface area (Å²) < 4.78 is 0. The normalized spacial score (nSPS) is 15.5. The fraction of sp³-hybridized carbons (Fsp3) is 0.0303. The zero-order chi connectivity index (χ0) is 44.8. The molecular weight excluding hydrogens is 821 g/mol. The Balaban J connectivity index is 1.05. The summed E-state index contributed by atoms with van der Waals surface area (Å²) in [6, 6.07) is 99.4. The predicted molar refractivity (Wildman–Crippen MR) is 281 cm³/mol. The molecule has 0 bridgehead atoms. The maximum atomic E-state index is 2.51. The lowest BCUT2D eigenvalue weighted by atomic mass is 9.65. The van der Waals surface area contributed by atoms with Gasteiger partial charge in [0.2, 0.25) is 0 Å². The van der Waals surface area contributed by atoms with E-state index in [9.17, 15) is 0 Å². The third kappa shape index (κ3) is 5.29. The van der Waals surface area contributed by atoms with Crippen LogP contribution < -0.4 is 9.80 Å². The van der Waals surface area contributed by atoms with Crippen molar-refractivity contribution in [1.82, 2.24) is 0 Å². The summed E-state index contributed by atoms with van der Waals surface area (Å²) in [5.41, 5.74) is 21.0. The number of hydrogen-bond donors (Lipinski definition) is 0. The lowest BCUT2D eigenvalue weighted by Gasteiger charge is -2.44. The fourth-order valence-corrected chi connectivity index (χ4v) is 12.4. The van der Waals surface area contributed by atoms with E-state index in [1.165, 1.54) is 88.9 Å². The lowest BCUT2D eigenvalue weighted by Crippen LogP contribution is -2.36. The molecule has 0 saturated heterocycles. The van der Waals surface area contributed by atoms with Gasteiger partial charge >= 0.3 is 0 Å². The van der Waals surface area contributed by atoms with Crippen LogP contribution in [-0.2, 0) is 10.8 Å². The number of fused-ring (bicyclic) bond motifs is 9. The van der Waals surface area contributed by atoms with Crippen molar-refractivity contribution in [3.63, 3.8) is 0 Å². The average Bonchev–Trinajstić information content (AvgIpc) is 3.89. The maximum Gasteiger partial charge on any atom is 0.0755 e. The molecule has 0 N–H and O–H groups in total. The highest BCUT2D eigenvalue weighted by Crippen LogP contribution is 2.65. The molecule has 11 aromatic carbocycles. The highest BCUT2D eigenvalue weighted by atomic mass is 15.2. The van der Waals surface area contributed by atoms with Gasteiger partial charge in [0.25, 0.3) is 0 Å². The molecule has 0 radical (unpaired) electrons. The van der Waals surface area contributed by atoms with Crippen molar-refractivity contribution in [1.29, 1.82) is 0 Å². The quantitative estimate of drug-likeness (QED) is 0.157. The van der Waals surface area contributed by atoms with E-state index in [2.05, 4.69) is 277 Å². The summed E-state index contributed by atoms with van der Waals surface area (Å²) in [4.78, 5) is 4.97. The summed E-state index contributed by atoms with van der Waals surface area (Å²) in [6.45, 7) is 0. The Morgan fingerprint density at radius 3 is 1.41 bits per heavy atom. The molecule has 0 saturated carbocycles. The highest BCUT2D eigenvalue weighted by molar-refractivity contribution is 6.01. The molecule has 0 aromatic heterocycles. The van der Waals surface area contributed by atoms with Gasteiger partial charge in [-0.25, -0.2) is 0 Å². The highest BCUT2D eigenvalue weighted by Gasteiger charge is 2.53. The maximum absolute atomic E-state index is 2.51. The Morgan fingerprint density at radius 1 is 0.279 bits per heavy atom. The molecule has 1 atom stereocenters. The smallest absolute Gasteiger partial charge is 0.0755 e. The SMILES string of the molecule is c1ccc(N2c3ccccc3C3(c4ccccc4)c4cc(N(c5ccc6c(c5)C(c5ccccc5)(c5ccccc5)c5ccccc5-6)c5ccc6ccccc6c5)ccc4-c4cccc2c43)cc1. The van der Waals surface area contributed by atoms with Gasteiger partial charge in [0, 0.05) is 28.3 Å². The molecule has 0 spiro atoms. The Hall–Kier alpha value is -8.72. The number of benzene rings is 11. The van der Waals surface area contributed by atoms with Crippen LogP contribution in [0.4, 0.5) is 34.1 Å². The van der Waals surface area contributed by atoms with Crippen LogP contribution in [0.1, 0.15) is 44.5 Å². The summed E-state index contributed by atoms with van der Waals surface area (Å²) >= 11 is 0. The van der Waals surface area contributed by atoms with Crippen molar-refractivity contribution in [2.45, 2.75) is 10.8 Å². The molecule has 2 heteroatoms. The lowest BCUT2D eigenvalue weighted by molar-refractivity contribution is 0.753. The van der Waals surface area contributed by atoms with Gasteiger partial charge in [-0.3, -0.25) is 0 Å². The van der Waals surface area contributed by atoms with Gasteiger partial charge < -0.3 is 9.80 Å². The molecule has 0 fully saturated rings. The largest absolute Gasteiger partial charge is 0.310 e. The third-order valence-electron chi connectivity index (χ3n) is 15.1. The summed E-state index contributed by atoms with van der Waals surface area (Å²) in [5, 5.41) is 2.42. The standard InChI is InChI=1S/C66H44N2/c1-5-22-47(23-6-1)65(48-24-7-2-8-25-48)58-32-16-15-30-54(58)55-40-38-52(43-60(55)65)67(51-37-36-45-20-13-14-21-46(45)42-51)53-39-41-56-57-31-19-35-63-64(57)66(61(56)44-53,49-26-9-3-10-27-49)59-33-17-18-34-62(59)68(63)50-28-11-4-12-29-50/h1-44H. The first-order valence-electron chi connectivity index (χ1n) is 23.7. The van der Waals surface area contributed by atoms with Gasteiger partial charge in [-0.2, -0.15) is 0 Å². The second-order valence-electron chi connectivity index (χ2n) is 18.4. The minimum absolute atomic E-state index is 0.538. The van der Waals surface area contributed by atoms with Crippen LogP contribution in [0.2, 0.25) is 0 Å². The van der Waals surface area contributed by atoms with E-state index in [4.69, 9.17) is 0 Å². The molecule has 1 aliphatic heterocycles. The van der Waals surface area contributed by atoms with Gasteiger partial charge in [0.05, 0.1) is 22.2 Å². The van der Waals surface area contributed by atoms with Crippen LogP contribution in [0.3, 0.4) is 0 Å². The van der Waals surface area contributed by atoms with E-state index < -0.39 is 10.8 Å². The first-order chi connectivity index (χ1) is 33.7.